The first-order chi connectivity index (χ1) is 11.7. The molecule has 8 nitrogen and oxygen atoms in total. The minimum Gasteiger partial charge on any atom is -0.385 e. The lowest BCUT2D eigenvalue weighted by Crippen LogP contribution is -2.47. The molecule has 1 N–H and O–H groups in total. The number of aromatic nitrogens is 2. The Bertz CT molecular complexity index is 536. The van der Waals surface area contributed by atoms with E-state index >= 15 is 0 Å². The third-order valence-corrected chi connectivity index (χ3v) is 4.34. The number of methoxy groups -OCH3 is 1. The zero-order valence-electron chi connectivity index (χ0n) is 14.0. The van der Waals surface area contributed by atoms with Crippen molar-refractivity contribution in [2.75, 3.05) is 51.9 Å². The molecule has 0 radical (unpaired) electrons. The molecule has 2 saturated heterocycles. The van der Waals surface area contributed by atoms with Crippen LogP contribution in [0.3, 0.4) is 0 Å². The predicted molar refractivity (Wildman–Crippen MR) is 86.8 cm³/mol. The van der Waals surface area contributed by atoms with Crippen molar-refractivity contribution in [2.24, 2.45) is 0 Å². The fourth-order valence-electron chi connectivity index (χ4n) is 2.97. The Morgan fingerprint density at radius 3 is 2.67 bits per heavy atom. The van der Waals surface area contributed by atoms with Gasteiger partial charge in [0.2, 0.25) is 0 Å². The lowest BCUT2D eigenvalue weighted by Gasteiger charge is -2.37. The number of carbonyl (C=O) groups is 1. The molecule has 1 amide bonds. The minimum absolute atomic E-state index is 0.0960. The van der Waals surface area contributed by atoms with Crippen LogP contribution in [-0.2, 0) is 14.2 Å². The summed E-state index contributed by atoms with van der Waals surface area (Å²) in [5.74, 6) is 0.0904. The Morgan fingerprint density at radius 2 is 2.04 bits per heavy atom. The molecule has 3 rings (SSSR count). The van der Waals surface area contributed by atoms with Crippen LogP contribution >= 0.6 is 0 Å². The van der Waals surface area contributed by atoms with Crippen LogP contribution < -0.4 is 5.32 Å². The molecule has 1 aromatic heterocycles. The number of anilines is 1. The van der Waals surface area contributed by atoms with Crippen molar-refractivity contribution in [2.45, 2.75) is 25.0 Å². The van der Waals surface area contributed by atoms with E-state index in [1.165, 1.54) is 0 Å². The van der Waals surface area contributed by atoms with E-state index in [1.807, 2.05) is 0 Å². The summed E-state index contributed by atoms with van der Waals surface area (Å²) in [5, 5.41) is 11.3. The van der Waals surface area contributed by atoms with Crippen LogP contribution in [0.5, 0.6) is 0 Å². The Hall–Kier alpha value is -1.77. The van der Waals surface area contributed by atoms with Crippen LogP contribution in [0.4, 0.5) is 5.82 Å². The van der Waals surface area contributed by atoms with E-state index in [1.54, 1.807) is 24.1 Å². The predicted octanol–water partition coefficient (Wildman–Crippen LogP) is 0.904. The molecule has 3 heterocycles. The van der Waals surface area contributed by atoms with Crippen molar-refractivity contribution in [3.63, 3.8) is 0 Å². The molecule has 24 heavy (non-hydrogen) atoms. The second kappa shape index (κ2) is 7.87. The van der Waals surface area contributed by atoms with Gasteiger partial charge in [-0.1, -0.05) is 0 Å². The highest BCUT2D eigenvalue weighted by Gasteiger charge is 2.41. The molecule has 0 bridgehead atoms. The van der Waals surface area contributed by atoms with Crippen molar-refractivity contribution < 1.29 is 19.0 Å². The molecular formula is C16H24N4O4. The largest absolute Gasteiger partial charge is 0.385 e. The average molecular weight is 336 g/mol. The number of amides is 1. The van der Waals surface area contributed by atoms with E-state index in [0.717, 1.165) is 13.0 Å². The van der Waals surface area contributed by atoms with Gasteiger partial charge < -0.3 is 24.4 Å². The van der Waals surface area contributed by atoms with Gasteiger partial charge in [0, 0.05) is 46.2 Å². The second-order valence-electron chi connectivity index (χ2n) is 5.98. The molecule has 1 aromatic rings. The van der Waals surface area contributed by atoms with E-state index in [-0.39, 0.29) is 5.91 Å². The van der Waals surface area contributed by atoms with Gasteiger partial charge in [-0.25, -0.2) is 0 Å². The Balaban J connectivity index is 1.50. The fourth-order valence-corrected chi connectivity index (χ4v) is 2.97. The van der Waals surface area contributed by atoms with Gasteiger partial charge in [0.05, 0.1) is 13.2 Å². The number of carbonyl (C=O) groups excluding carboxylic acids is 1. The number of hydrogen-bond donors (Lipinski definition) is 1. The highest BCUT2D eigenvalue weighted by Crippen LogP contribution is 2.31. The first-order valence-corrected chi connectivity index (χ1v) is 8.36. The van der Waals surface area contributed by atoms with Gasteiger partial charge in [0.15, 0.2) is 11.5 Å². The number of rotatable bonds is 6. The molecule has 0 atom stereocenters. The van der Waals surface area contributed by atoms with Crippen LogP contribution in [0, 0.1) is 0 Å². The first-order valence-electron chi connectivity index (χ1n) is 8.36. The average Bonchev–Trinajstić information content (AvgIpc) is 3.07. The third kappa shape index (κ3) is 4.00. The summed E-state index contributed by atoms with van der Waals surface area (Å²) in [6.45, 7) is 3.94. The van der Waals surface area contributed by atoms with Gasteiger partial charge in [-0.15, -0.1) is 10.2 Å². The van der Waals surface area contributed by atoms with E-state index in [0.29, 0.717) is 57.3 Å². The molecule has 2 aliphatic heterocycles. The van der Waals surface area contributed by atoms with Gasteiger partial charge >= 0.3 is 0 Å². The molecule has 0 aliphatic carbocycles. The van der Waals surface area contributed by atoms with E-state index in [2.05, 4.69) is 15.5 Å². The minimum atomic E-state index is -0.474. The number of ether oxygens (including phenoxy) is 3. The molecular weight excluding hydrogens is 312 g/mol. The molecule has 2 fully saturated rings. The topological polar surface area (TPSA) is 85.8 Å². The SMILES string of the molecule is COCCCNc1ccc(C(=O)N2CCC3(CC2)OCCO3)nn1. The van der Waals surface area contributed by atoms with Crippen molar-refractivity contribution >= 4 is 11.7 Å². The summed E-state index contributed by atoms with van der Waals surface area (Å²) in [7, 11) is 1.67. The smallest absolute Gasteiger partial charge is 0.274 e. The molecule has 2 aliphatic rings. The maximum atomic E-state index is 12.5. The van der Waals surface area contributed by atoms with Crippen molar-refractivity contribution in [1.29, 1.82) is 0 Å². The summed E-state index contributed by atoms with van der Waals surface area (Å²) in [4.78, 5) is 14.3. The van der Waals surface area contributed by atoms with E-state index in [9.17, 15) is 4.79 Å². The van der Waals surface area contributed by atoms with Crippen molar-refractivity contribution in [3.8, 4) is 0 Å². The van der Waals surface area contributed by atoms with Gasteiger partial charge in [-0.3, -0.25) is 4.79 Å². The first kappa shape index (κ1) is 17.1. The molecule has 8 heteroatoms. The fraction of sp³-hybridized carbons (Fsp3) is 0.688. The zero-order chi connectivity index (χ0) is 16.8. The quantitative estimate of drug-likeness (QED) is 0.773. The van der Waals surface area contributed by atoms with Crippen LogP contribution in [0.25, 0.3) is 0 Å². The maximum absolute atomic E-state index is 12.5. The Labute approximate surface area is 141 Å². The Kier molecular flexibility index (Phi) is 5.60. The lowest BCUT2D eigenvalue weighted by molar-refractivity contribution is -0.181. The van der Waals surface area contributed by atoms with E-state index in [4.69, 9.17) is 14.2 Å². The number of hydrogen-bond acceptors (Lipinski definition) is 7. The molecule has 0 saturated carbocycles. The zero-order valence-corrected chi connectivity index (χ0v) is 14.0. The summed E-state index contributed by atoms with van der Waals surface area (Å²) < 4.78 is 16.3. The summed E-state index contributed by atoms with van der Waals surface area (Å²) in [6, 6.07) is 3.49. The highest BCUT2D eigenvalue weighted by atomic mass is 16.7. The lowest BCUT2D eigenvalue weighted by atomic mass is 10.0. The number of likely N-dealkylation sites (tertiary alicyclic amines) is 1. The van der Waals surface area contributed by atoms with Gasteiger partial charge in [-0.2, -0.15) is 0 Å². The van der Waals surface area contributed by atoms with Gasteiger partial charge in [0.25, 0.3) is 5.91 Å². The molecule has 0 unspecified atom stereocenters. The van der Waals surface area contributed by atoms with Crippen LogP contribution in [0.1, 0.15) is 29.8 Å². The standard InChI is InChI=1S/C16H24N4O4/c1-22-10-2-7-17-14-4-3-13(18-19-14)15(21)20-8-5-16(6-9-20)23-11-12-24-16/h3-4H,2,5-12H2,1H3,(H,17,19). The summed E-state index contributed by atoms with van der Waals surface area (Å²) >= 11 is 0. The molecule has 132 valence electrons. The maximum Gasteiger partial charge on any atom is 0.274 e. The van der Waals surface area contributed by atoms with E-state index < -0.39 is 5.79 Å². The van der Waals surface area contributed by atoms with Gasteiger partial charge in [-0.05, 0) is 18.6 Å². The second-order valence-corrected chi connectivity index (χ2v) is 5.98. The normalized spacial score (nSPS) is 19.6. The van der Waals surface area contributed by atoms with Crippen molar-refractivity contribution in [1.82, 2.24) is 15.1 Å². The molecule has 0 aromatic carbocycles. The number of nitrogens with zero attached hydrogens (tertiary/aromatic N) is 3. The third-order valence-electron chi connectivity index (χ3n) is 4.34. The van der Waals surface area contributed by atoms with Crippen LogP contribution in [-0.4, -0.2) is 73.4 Å². The van der Waals surface area contributed by atoms with Crippen LogP contribution in [0.15, 0.2) is 12.1 Å². The van der Waals surface area contributed by atoms with Crippen LogP contribution in [0.2, 0.25) is 0 Å². The monoisotopic (exact) mass is 336 g/mol. The van der Waals surface area contributed by atoms with Crippen molar-refractivity contribution in [3.05, 3.63) is 17.8 Å². The van der Waals surface area contributed by atoms with Gasteiger partial charge in [0.1, 0.15) is 5.82 Å². The number of nitrogens with one attached hydrogen (secondary N) is 1. The number of piperidine rings is 1. The highest BCUT2D eigenvalue weighted by molar-refractivity contribution is 5.92. The summed E-state index contributed by atoms with van der Waals surface area (Å²) in [6.07, 6.45) is 2.29. The summed E-state index contributed by atoms with van der Waals surface area (Å²) in [5.41, 5.74) is 0.363. The molecule has 1 spiro atoms. The Morgan fingerprint density at radius 1 is 1.29 bits per heavy atom.